The number of hydrogen-bond acceptors (Lipinski definition) is 5. The number of nitrogens with one attached hydrogen (secondary N) is 1. The fourth-order valence-electron chi connectivity index (χ4n) is 3.64. The Hall–Kier alpha value is -2.26. The number of rotatable bonds is 8. The molecule has 1 aliphatic heterocycles. The van der Waals surface area contributed by atoms with Crippen LogP contribution in [0.5, 0.6) is 0 Å². The van der Waals surface area contributed by atoms with E-state index < -0.39 is 10.0 Å². The van der Waals surface area contributed by atoms with E-state index >= 15 is 0 Å². The molecule has 0 aromatic heterocycles. The first kappa shape index (κ1) is 24.4. The van der Waals surface area contributed by atoms with Gasteiger partial charge in [-0.05, 0) is 56.2 Å². The number of ether oxygens (including phenoxy) is 1. The smallest absolute Gasteiger partial charge is 0.251 e. The maximum atomic E-state index is 12.6. The first-order chi connectivity index (χ1) is 15.2. The molecular weight excluding hydrogens is 426 g/mol. The number of nitrogens with zero attached hydrogens (tertiary/aromatic N) is 2. The molecule has 1 unspecified atom stereocenters. The molecule has 0 spiro atoms. The average Bonchev–Trinajstić information content (AvgIpc) is 2.77. The Bertz CT molecular complexity index is 1020. The third-order valence-electron chi connectivity index (χ3n) is 5.70. The SMILES string of the molecule is CC1CN(Cc2cccc(CNC(=O)c3ccc(S(=O)(=O)N(C)C(C)C)cc3)c2)CCO1. The summed E-state index contributed by atoms with van der Waals surface area (Å²) in [6.45, 7) is 9.57. The number of benzene rings is 2. The van der Waals surface area contributed by atoms with Crippen molar-refractivity contribution in [1.82, 2.24) is 14.5 Å². The first-order valence-electron chi connectivity index (χ1n) is 10.9. The number of morpholine rings is 1. The molecule has 0 bridgehead atoms. The van der Waals surface area contributed by atoms with E-state index in [1.165, 1.54) is 22.0 Å². The fraction of sp³-hybridized carbons (Fsp3) is 0.458. The average molecular weight is 460 g/mol. The van der Waals surface area contributed by atoms with E-state index in [2.05, 4.69) is 29.3 Å². The monoisotopic (exact) mass is 459 g/mol. The Balaban J connectivity index is 1.59. The maximum absolute atomic E-state index is 12.6. The lowest BCUT2D eigenvalue weighted by molar-refractivity contribution is -0.0212. The Morgan fingerprint density at radius 1 is 1.19 bits per heavy atom. The minimum atomic E-state index is -3.57. The van der Waals surface area contributed by atoms with Crippen molar-refractivity contribution in [1.29, 1.82) is 0 Å². The summed E-state index contributed by atoms with van der Waals surface area (Å²) in [4.78, 5) is 15.1. The number of sulfonamides is 1. The summed E-state index contributed by atoms with van der Waals surface area (Å²) >= 11 is 0. The highest BCUT2D eigenvalue weighted by atomic mass is 32.2. The minimum absolute atomic E-state index is 0.148. The Kier molecular flexibility index (Phi) is 8.05. The van der Waals surface area contributed by atoms with Gasteiger partial charge in [-0.1, -0.05) is 24.3 Å². The van der Waals surface area contributed by atoms with Gasteiger partial charge >= 0.3 is 0 Å². The lowest BCUT2D eigenvalue weighted by Gasteiger charge is -2.31. The van der Waals surface area contributed by atoms with Crippen LogP contribution in [0.2, 0.25) is 0 Å². The second-order valence-corrected chi connectivity index (χ2v) is 10.6. The molecular formula is C24H33N3O4S. The maximum Gasteiger partial charge on any atom is 0.251 e. The van der Waals surface area contributed by atoms with Crippen molar-refractivity contribution < 1.29 is 17.9 Å². The molecule has 2 aromatic carbocycles. The van der Waals surface area contributed by atoms with Crippen molar-refractivity contribution in [2.75, 3.05) is 26.7 Å². The van der Waals surface area contributed by atoms with Gasteiger partial charge in [-0.15, -0.1) is 0 Å². The zero-order valence-electron chi connectivity index (χ0n) is 19.2. The van der Waals surface area contributed by atoms with Crippen LogP contribution in [0, 0.1) is 0 Å². The van der Waals surface area contributed by atoms with E-state index in [1.807, 2.05) is 26.0 Å². The molecule has 3 rings (SSSR count). The number of carbonyl (C=O) groups excluding carboxylic acids is 1. The molecule has 1 atom stereocenters. The molecule has 8 heteroatoms. The highest BCUT2D eigenvalue weighted by Gasteiger charge is 2.23. The molecule has 2 aromatic rings. The molecule has 1 heterocycles. The lowest BCUT2D eigenvalue weighted by Crippen LogP contribution is -2.40. The third kappa shape index (κ3) is 6.16. The zero-order chi connectivity index (χ0) is 23.3. The fourth-order valence-corrected chi connectivity index (χ4v) is 5.00. The van der Waals surface area contributed by atoms with Gasteiger partial charge in [0, 0.05) is 44.8 Å². The predicted octanol–water partition coefficient (Wildman–Crippen LogP) is 2.87. The Morgan fingerprint density at radius 2 is 1.88 bits per heavy atom. The molecule has 32 heavy (non-hydrogen) atoms. The van der Waals surface area contributed by atoms with E-state index in [1.54, 1.807) is 19.2 Å². The van der Waals surface area contributed by atoms with Gasteiger partial charge in [-0.2, -0.15) is 4.31 Å². The number of carbonyl (C=O) groups is 1. The van der Waals surface area contributed by atoms with E-state index in [-0.39, 0.29) is 22.9 Å². The lowest BCUT2D eigenvalue weighted by atomic mass is 10.1. The van der Waals surface area contributed by atoms with E-state index in [9.17, 15) is 13.2 Å². The van der Waals surface area contributed by atoms with Crippen molar-refractivity contribution in [3.8, 4) is 0 Å². The van der Waals surface area contributed by atoms with Crippen molar-refractivity contribution in [3.05, 3.63) is 65.2 Å². The van der Waals surface area contributed by atoms with Crippen LogP contribution in [-0.2, 0) is 27.8 Å². The van der Waals surface area contributed by atoms with E-state index in [0.29, 0.717) is 12.1 Å². The quantitative estimate of drug-likeness (QED) is 0.657. The third-order valence-corrected chi connectivity index (χ3v) is 7.74. The van der Waals surface area contributed by atoms with Crippen molar-refractivity contribution in [2.45, 2.75) is 50.9 Å². The minimum Gasteiger partial charge on any atom is -0.376 e. The van der Waals surface area contributed by atoms with Gasteiger partial charge < -0.3 is 10.1 Å². The largest absolute Gasteiger partial charge is 0.376 e. The van der Waals surface area contributed by atoms with Crippen LogP contribution in [0.1, 0.15) is 42.3 Å². The summed E-state index contributed by atoms with van der Waals surface area (Å²) in [6, 6.07) is 14.1. The normalized spacial score (nSPS) is 17.6. The summed E-state index contributed by atoms with van der Waals surface area (Å²) in [5, 5.41) is 2.92. The number of hydrogen-bond donors (Lipinski definition) is 1. The molecule has 0 saturated carbocycles. The van der Waals surface area contributed by atoms with Gasteiger partial charge in [0.2, 0.25) is 10.0 Å². The molecule has 1 aliphatic rings. The first-order valence-corrected chi connectivity index (χ1v) is 12.4. The van der Waals surface area contributed by atoms with Crippen LogP contribution in [0.4, 0.5) is 0 Å². The van der Waals surface area contributed by atoms with Crippen LogP contribution in [0.25, 0.3) is 0 Å². The van der Waals surface area contributed by atoms with Gasteiger partial charge in [-0.25, -0.2) is 8.42 Å². The van der Waals surface area contributed by atoms with Gasteiger partial charge in [0.25, 0.3) is 5.91 Å². The molecule has 1 N–H and O–H groups in total. The Morgan fingerprint density at radius 3 is 2.53 bits per heavy atom. The van der Waals surface area contributed by atoms with E-state index in [4.69, 9.17) is 4.74 Å². The van der Waals surface area contributed by atoms with Crippen molar-refractivity contribution in [2.24, 2.45) is 0 Å². The van der Waals surface area contributed by atoms with Gasteiger partial charge in [-0.3, -0.25) is 9.69 Å². The van der Waals surface area contributed by atoms with Crippen molar-refractivity contribution in [3.63, 3.8) is 0 Å². The molecule has 0 aliphatic carbocycles. The zero-order valence-corrected chi connectivity index (χ0v) is 20.1. The molecule has 1 amide bonds. The standard InChI is InChI=1S/C24H33N3O4S/c1-18(2)26(4)32(29,30)23-10-8-22(9-11-23)24(28)25-15-20-6-5-7-21(14-20)17-27-12-13-31-19(3)16-27/h5-11,14,18-19H,12-13,15-17H2,1-4H3,(H,25,28). The predicted molar refractivity (Wildman–Crippen MR) is 125 cm³/mol. The van der Waals surface area contributed by atoms with Crippen LogP contribution in [-0.4, -0.2) is 62.4 Å². The van der Waals surface area contributed by atoms with Crippen LogP contribution in [0.3, 0.4) is 0 Å². The van der Waals surface area contributed by atoms with Gasteiger partial charge in [0.1, 0.15) is 0 Å². The second-order valence-electron chi connectivity index (χ2n) is 8.56. The molecule has 1 fully saturated rings. The molecule has 1 saturated heterocycles. The molecule has 174 valence electrons. The van der Waals surface area contributed by atoms with Crippen LogP contribution < -0.4 is 5.32 Å². The second kappa shape index (κ2) is 10.6. The summed E-state index contributed by atoms with van der Waals surface area (Å²) in [5.41, 5.74) is 2.65. The van der Waals surface area contributed by atoms with Gasteiger partial charge in [0.05, 0.1) is 17.6 Å². The summed E-state index contributed by atoms with van der Waals surface area (Å²) < 4.78 is 32.1. The van der Waals surface area contributed by atoms with Crippen LogP contribution in [0.15, 0.2) is 53.4 Å². The van der Waals surface area contributed by atoms with Crippen molar-refractivity contribution >= 4 is 15.9 Å². The Labute approximate surface area is 191 Å². The molecule has 7 nitrogen and oxygen atoms in total. The molecule has 0 radical (unpaired) electrons. The summed E-state index contributed by atoms with van der Waals surface area (Å²) in [7, 11) is -2.02. The summed E-state index contributed by atoms with van der Waals surface area (Å²) in [5.74, 6) is -0.237. The summed E-state index contributed by atoms with van der Waals surface area (Å²) in [6.07, 6.45) is 0.248. The highest BCUT2D eigenvalue weighted by molar-refractivity contribution is 7.89. The topological polar surface area (TPSA) is 79.0 Å². The van der Waals surface area contributed by atoms with Gasteiger partial charge in [0.15, 0.2) is 0 Å². The van der Waals surface area contributed by atoms with Crippen LogP contribution >= 0.6 is 0 Å². The highest BCUT2D eigenvalue weighted by Crippen LogP contribution is 2.17. The van der Waals surface area contributed by atoms with E-state index in [0.717, 1.165) is 31.8 Å². The number of amides is 1.